The molecule has 1 amide bonds. The molecular formula is C16H18F3N3O2. The molecule has 0 saturated carbocycles. The molecule has 1 aromatic heterocycles. The number of amides is 1. The molecule has 24 heavy (non-hydrogen) atoms. The van der Waals surface area contributed by atoms with E-state index in [0.717, 1.165) is 10.7 Å². The number of halogens is 3. The largest absolute Gasteiger partial charge is 0.491 e. The van der Waals surface area contributed by atoms with Crippen molar-refractivity contribution in [3.8, 4) is 5.75 Å². The van der Waals surface area contributed by atoms with Crippen LogP contribution in [0.4, 0.5) is 13.2 Å². The third-order valence-electron chi connectivity index (χ3n) is 3.05. The minimum absolute atomic E-state index is 0.0420. The van der Waals surface area contributed by atoms with Crippen molar-refractivity contribution in [2.24, 2.45) is 0 Å². The molecule has 1 heterocycles. The molecule has 0 spiro atoms. The summed E-state index contributed by atoms with van der Waals surface area (Å²) in [5.41, 5.74) is -0.503. The Balaban J connectivity index is 1.83. The summed E-state index contributed by atoms with van der Waals surface area (Å²) in [6, 6.07) is 7.54. The van der Waals surface area contributed by atoms with Gasteiger partial charge in [-0.3, -0.25) is 9.48 Å². The van der Waals surface area contributed by atoms with Gasteiger partial charge in [0.1, 0.15) is 5.75 Å². The number of hydrogen-bond acceptors (Lipinski definition) is 3. The molecule has 0 aliphatic carbocycles. The Morgan fingerprint density at radius 2 is 1.92 bits per heavy atom. The molecule has 2 aromatic rings. The lowest BCUT2D eigenvalue weighted by atomic mass is 10.2. The van der Waals surface area contributed by atoms with Crippen molar-refractivity contribution in [3.05, 3.63) is 47.8 Å². The summed E-state index contributed by atoms with van der Waals surface area (Å²) in [6.45, 7) is 4.12. The van der Waals surface area contributed by atoms with E-state index in [1.165, 1.54) is 6.20 Å². The molecule has 130 valence electrons. The topological polar surface area (TPSA) is 56.1 Å². The summed E-state index contributed by atoms with van der Waals surface area (Å²) in [7, 11) is 0. The van der Waals surface area contributed by atoms with Crippen molar-refractivity contribution in [1.82, 2.24) is 15.1 Å². The molecule has 0 aliphatic rings. The zero-order valence-corrected chi connectivity index (χ0v) is 13.3. The van der Waals surface area contributed by atoms with Crippen molar-refractivity contribution in [3.63, 3.8) is 0 Å². The van der Waals surface area contributed by atoms with Gasteiger partial charge in [-0.1, -0.05) is 0 Å². The number of nitrogens with one attached hydrogen (secondary N) is 1. The van der Waals surface area contributed by atoms with E-state index in [1.807, 2.05) is 13.8 Å². The Labute approximate surface area is 137 Å². The molecule has 1 aromatic carbocycles. The molecule has 0 bridgehead atoms. The summed E-state index contributed by atoms with van der Waals surface area (Å²) < 4.78 is 43.9. The van der Waals surface area contributed by atoms with Crippen LogP contribution in [0.3, 0.4) is 0 Å². The molecular weight excluding hydrogens is 323 g/mol. The normalized spacial score (nSPS) is 11.6. The van der Waals surface area contributed by atoms with E-state index in [-0.39, 0.29) is 25.1 Å². The number of nitrogens with zero attached hydrogens (tertiary/aromatic N) is 2. The lowest BCUT2D eigenvalue weighted by Crippen LogP contribution is -2.27. The first-order valence-electron chi connectivity index (χ1n) is 7.41. The number of rotatable bonds is 6. The van der Waals surface area contributed by atoms with Crippen molar-refractivity contribution < 1.29 is 22.7 Å². The summed E-state index contributed by atoms with van der Waals surface area (Å²) in [5.74, 6) is 0.354. The Kier molecular flexibility index (Phi) is 5.48. The predicted octanol–water partition coefficient (Wildman–Crippen LogP) is 3.12. The number of carbonyl (C=O) groups excluding carboxylic acids is 1. The van der Waals surface area contributed by atoms with Crippen LogP contribution in [0, 0.1) is 0 Å². The standard InChI is InChI=1S/C16H18F3N3O2/c1-11(2)24-13-5-3-12(4-6-13)15(23)20-8-10-22-9-7-14(21-22)16(17,18)19/h3-7,9,11H,8,10H2,1-2H3,(H,20,23). The molecule has 5 nitrogen and oxygen atoms in total. The SMILES string of the molecule is CC(C)Oc1ccc(C(=O)NCCn2ccc(C(F)(F)F)n2)cc1. The van der Waals surface area contributed by atoms with Gasteiger partial charge in [-0.15, -0.1) is 0 Å². The van der Waals surface area contributed by atoms with Crippen LogP contribution >= 0.6 is 0 Å². The summed E-state index contributed by atoms with van der Waals surface area (Å²) in [5, 5.41) is 6.05. The van der Waals surface area contributed by atoms with Crippen LogP contribution in [0.5, 0.6) is 5.75 Å². The van der Waals surface area contributed by atoms with Crippen LogP contribution in [0.15, 0.2) is 36.5 Å². The number of aromatic nitrogens is 2. The Hall–Kier alpha value is -2.51. The van der Waals surface area contributed by atoms with Gasteiger partial charge in [-0.05, 0) is 44.2 Å². The lowest BCUT2D eigenvalue weighted by molar-refractivity contribution is -0.141. The van der Waals surface area contributed by atoms with Crippen molar-refractivity contribution in [2.45, 2.75) is 32.7 Å². The number of carbonyl (C=O) groups is 1. The Bertz CT molecular complexity index is 679. The first-order chi connectivity index (χ1) is 11.3. The second-order valence-electron chi connectivity index (χ2n) is 5.41. The van der Waals surface area contributed by atoms with Crippen LogP contribution < -0.4 is 10.1 Å². The fourth-order valence-electron chi connectivity index (χ4n) is 1.98. The van der Waals surface area contributed by atoms with Crippen molar-refractivity contribution in [1.29, 1.82) is 0 Å². The smallest absolute Gasteiger partial charge is 0.435 e. The van der Waals surface area contributed by atoms with E-state index in [4.69, 9.17) is 4.74 Å². The maximum Gasteiger partial charge on any atom is 0.435 e. The number of ether oxygens (including phenoxy) is 1. The van der Waals surface area contributed by atoms with Gasteiger partial charge in [-0.2, -0.15) is 18.3 Å². The van der Waals surface area contributed by atoms with Gasteiger partial charge in [0.2, 0.25) is 0 Å². The second kappa shape index (κ2) is 7.37. The highest BCUT2D eigenvalue weighted by Crippen LogP contribution is 2.27. The highest BCUT2D eigenvalue weighted by molar-refractivity contribution is 5.94. The molecule has 0 aliphatic heterocycles. The van der Waals surface area contributed by atoms with E-state index in [9.17, 15) is 18.0 Å². The average Bonchev–Trinajstić information content (AvgIpc) is 2.96. The number of hydrogen-bond donors (Lipinski definition) is 1. The maximum absolute atomic E-state index is 12.4. The zero-order valence-electron chi connectivity index (χ0n) is 13.3. The van der Waals surface area contributed by atoms with Gasteiger partial charge >= 0.3 is 6.18 Å². The molecule has 1 N–H and O–H groups in total. The average molecular weight is 341 g/mol. The van der Waals surface area contributed by atoms with Crippen LogP contribution in [0.1, 0.15) is 29.9 Å². The third kappa shape index (κ3) is 5.00. The minimum atomic E-state index is -4.46. The van der Waals surface area contributed by atoms with Crippen LogP contribution in [0.25, 0.3) is 0 Å². The van der Waals surface area contributed by atoms with Crippen molar-refractivity contribution >= 4 is 5.91 Å². The summed E-state index contributed by atoms with van der Waals surface area (Å²) in [6.07, 6.45) is -3.19. The molecule has 2 rings (SSSR count). The van der Waals surface area contributed by atoms with E-state index < -0.39 is 11.9 Å². The number of benzene rings is 1. The molecule has 0 atom stereocenters. The molecule has 0 unspecified atom stereocenters. The highest BCUT2D eigenvalue weighted by atomic mass is 19.4. The van der Waals surface area contributed by atoms with Gasteiger partial charge in [0, 0.05) is 18.3 Å². The predicted molar refractivity (Wildman–Crippen MR) is 81.8 cm³/mol. The second-order valence-corrected chi connectivity index (χ2v) is 5.41. The zero-order chi connectivity index (χ0) is 17.7. The van der Waals surface area contributed by atoms with Gasteiger partial charge in [0.15, 0.2) is 5.69 Å². The Morgan fingerprint density at radius 3 is 2.46 bits per heavy atom. The fraction of sp³-hybridized carbons (Fsp3) is 0.375. The molecule has 0 saturated heterocycles. The fourth-order valence-corrected chi connectivity index (χ4v) is 1.98. The molecule has 0 radical (unpaired) electrons. The first-order valence-corrected chi connectivity index (χ1v) is 7.41. The summed E-state index contributed by atoms with van der Waals surface area (Å²) >= 11 is 0. The van der Waals surface area contributed by atoms with Gasteiger partial charge in [-0.25, -0.2) is 0 Å². The van der Waals surface area contributed by atoms with Crippen LogP contribution in [-0.2, 0) is 12.7 Å². The van der Waals surface area contributed by atoms with Gasteiger partial charge < -0.3 is 10.1 Å². The van der Waals surface area contributed by atoms with E-state index >= 15 is 0 Å². The maximum atomic E-state index is 12.4. The lowest BCUT2D eigenvalue weighted by Gasteiger charge is -2.10. The molecule has 0 fully saturated rings. The van der Waals surface area contributed by atoms with Gasteiger partial charge in [0.25, 0.3) is 5.91 Å². The third-order valence-corrected chi connectivity index (χ3v) is 3.05. The first kappa shape index (κ1) is 17.8. The van der Waals surface area contributed by atoms with Crippen molar-refractivity contribution in [2.75, 3.05) is 6.54 Å². The summed E-state index contributed by atoms with van der Waals surface area (Å²) in [4.78, 5) is 12.0. The van der Waals surface area contributed by atoms with E-state index in [1.54, 1.807) is 24.3 Å². The van der Waals surface area contributed by atoms with Gasteiger partial charge in [0.05, 0.1) is 12.6 Å². The quantitative estimate of drug-likeness (QED) is 0.878. The molecule has 8 heteroatoms. The van der Waals surface area contributed by atoms with E-state index in [0.29, 0.717) is 11.3 Å². The Morgan fingerprint density at radius 1 is 1.25 bits per heavy atom. The van der Waals surface area contributed by atoms with Crippen LogP contribution in [-0.4, -0.2) is 28.3 Å². The van der Waals surface area contributed by atoms with Crippen LogP contribution in [0.2, 0.25) is 0 Å². The minimum Gasteiger partial charge on any atom is -0.491 e. The highest BCUT2D eigenvalue weighted by Gasteiger charge is 2.33. The number of alkyl halides is 3. The van der Waals surface area contributed by atoms with E-state index in [2.05, 4.69) is 10.4 Å². The monoisotopic (exact) mass is 341 g/mol.